The number of methoxy groups -OCH3 is 1. The third-order valence-electron chi connectivity index (χ3n) is 3.64. The number of benzene rings is 2. The summed E-state index contributed by atoms with van der Waals surface area (Å²) in [5.74, 6) is 1.60. The van der Waals surface area contributed by atoms with Crippen LogP contribution in [0.15, 0.2) is 57.8 Å². The van der Waals surface area contributed by atoms with Gasteiger partial charge in [0.25, 0.3) is 0 Å². The molecule has 1 amide bonds. The van der Waals surface area contributed by atoms with E-state index in [1.54, 1.807) is 18.9 Å². The van der Waals surface area contributed by atoms with Gasteiger partial charge in [0.05, 0.1) is 19.3 Å². The summed E-state index contributed by atoms with van der Waals surface area (Å²) in [6, 6.07) is 15.7. The smallest absolute Gasteiger partial charge is 0.322 e. The Morgan fingerprint density at radius 3 is 2.73 bits per heavy atom. The van der Waals surface area contributed by atoms with Crippen molar-refractivity contribution < 1.29 is 13.9 Å². The average Bonchev–Trinajstić information content (AvgIpc) is 3.08. The monoisotopic (exact) mass is 369 g/mol. The van der Waals surface area contributed by atoms with E-state index < -0.39 is 0 Å². The van der Waals surface area contributed by atoms with Gasteiger partial charge in [-0.2, -0.15) is 0 Å². The first-order chi connectivity index (χ1) is 12.6. The molecule has 1 N–H and O–H groups in total. The fraction of sp³-hybridized carbons (Fsp3) is 0.211. The summed E-state index contributed by atoms with van der Waals surface area (Å²) in [5, 5.41) is 10.5. The average molecular weight is 369 g/mol. The maximum Gasteiger partial charge on any atom is 0.322 e. The molecule has 0 bridgehead atoms. The number of thioether (sulfide) groups is 1. The molecular formula is C19H19N3O3S. The number of anilines is 1. The molecule has 1 aromatic heterocycles. The van der Waals surface area contributed by atoms with E-state index in [-0.39, 0.29) is 18.3 Å². The van der Waals surface area contributed by atoms with Crippen LogP contribution in [0.3, 0.4) is 0 Å². The first kappa shape index (κ1) is 18.0. The van der Waals surface area contributed by atoms with Crippen LogP contribution in [-0.4, -0.2) is 23.2 Å². The van der Waals surface area contributed by atoms with Gasteiger partial charge in [-0.15, -0.1) is 16.9 Å². The fourth-order valence-electron chi connectivity index (χ4n) is 2.42. The minimum atomic E-state index is -0.208. The number of hydrogen-bond donors (Lipinski definition) is 1. The van der Waals surface area contributed by atoms with Gasteiger partial charge in [0.1, 0.15) is 5.75 Å². The number of rotatable bonds is 7. The van der Waals surface area contributed by atoms with E-state index in [1.165, 1.54) is 0 Å². The van der Waals surface area contributed by atoms with E-state index >= 15 is 0 Å². The highest BCUT2D eigenvalue weighted by Crippen LogP contribution is 2.22. The second-order valence-corrected chi connectivity index (χ2v) is 6.68. The maximum atomic E-state index is 12.2. The quantitative estimate of drug-likeness (QED) is 0.637. The summed E-state index contributed by atoms with van der Waals surface area (Å²) in [6.07, 6.45) is 0.224. The summed E-state index contributed by atoms with van der Waals surface area (Å²) in [7, 11) is 1.62. The van der Waals surface area contributed by atoms with Gasteiger partial charge in [-0.25, -0.2) is 0 Å². The van der Waals surface area contributed by atoms with Gasteiger partial charge in [-0.3, -0.25) is 10.1 Å². The zero-order valence-corrected chi connectivity index (χ0v) is 15.4. The molecular weight excluding hydrogens is 350 g/mol. The number of carbonyl (C=O) groups excluding carboxylic acids is 1. The summed E-state index contributed by atoms with van der Waals surface area (Å²) in [4.78, 5) is 13.3. The lowest BCUT2D eigenvalue weighted by atomic mass is 10.1. The van der Waals surface area contributed by atoms with Crippen molar-refractivity contribution in [2.24, 2.45) is 0 Å². The first-order valence-electron chi connectivity index (χ1n) is 8.07. The van der Waals surface area contributed by atoms with Crippen LogP contribution in [-0.2, 0) is 17.0 Å². The summed E-state index contributed by atoms with van der Waals surface area (Å²) in [6.45, 7) is 1.94. The van der Waals surface area contributed by atoms with Gasteiger partial charge in [-0.05, 0) is 36.2 Å². The molecule has 0 atom stereocenters. The van der Waals surface area contributed by atoms with Crippen LogP contribution in [0.4, 0.5) is 6.01 Å². The van der Waals surface area contributed by atoms with Gasteiger partial charge in [-0.1, -0.05) is 35.4 Å². The van der Waals surface area contributed by atoms with Crippen molar-refractivity contribution in [3.63, 3.8) is 0 Å². The topological polar surface area (TPSA) is 77.2 Å². The molecule has 0 saturated heterocycles. The highest BCUT2D eigenvalue weighted by atomic mass is 32.2. The number of aromatic nitrogens is 2. The van der Waals surface area contributed by atoms with E-state index in [1.807, 2.05) is 55.5 Å². The van der Waals surface area contributed by atoms with Gasteiger partial charge in [0, 0.05) is 4.90 Å². The largest absolute Gasteiger partial charge is 0.496 e. The van der Waals surface area contributed by atoms with Crippen LogP contribution in [0.2, 0.25) is 0 Å². The molecule has 3 aromatic rings. The van der Waals surface area contributed by atoms with Crippen molar-refractivity contribution in [3.8, 4) is 5.75 Å². The Labute approximate surface area is 156 Å². The molecule has 134 valence electrons. The number of carbonyl (C=O) groups is 1. The molecule has 2 aromatic carbocycles. The molecule has 0 saturated carbocycles. The Morgan fingerprint density at radius 1 is 1.19 bits per heavy atom. The third-order valence-corrected chi connectivity index (χ3v) is 4.64. The minimum Gasteiger partial charge on any atom is -0.496 e. The lowest BCUT2D eigenvalue weighted by molar-refractivity contribution is -0.115. The second-order valence-electron chi connectivity index (χ2n) is 5.63. The Hall–Kier alpha value is -2.80. The summed E-state index contributed by atoms with van der Waals surface area (Å²) < 4.78 is 10.7. The van der Waals surface area contributed by atoms with E-state index in [0.717, 1.165) is 21.8 Å². The molecule has 26 heavy (non-hydrogen) atoms. The van der Waals surface area contributed by atoms with Gasteiger partial charge >= 0.3 is 6.01 Å². The normalized spacial score (nSPS) is 10.5. The Kier molecular flexibility index (Phi) is 5.91. The highest BCUT2D eigenvalue weighted by molar-refractivity contribution is 7.98. The second kappa shape index (κ2) is 8.53. The van der Waals surface area contributed by atoms with Crippen LogP contribution < -0.4 is 10.1 Å². The standard InChI is InChI=1S/C19H19N3O3S/c1-13-10-14(8-9-16(13)24-2)11-17(23)20-19-22-21-18(25-19)12-26-15-6-4-3-5-7-15/h3-10H,11-12H2,1-2H3,(H,20,22,23). The van der Waals surface area contributed by atoms with Crippen molar-refractivity contribution in [1.82, 2.24) is 10.2 Å². The van der Waals surface area contributed by atoms with Crippen LogP contribution in [0.1, 0.15) is 17.0 Å². The zero-order valence-electron chi connectivity index (χ0n) is 14.6. The summed E-state index contributed by atoms with van der Waals surface area (Å²) in [5.41, 5.74) is 1.87. The van der Waals surface area contributed by atoms with Crippen LogP contribution in [0.25, 0.3) is 0 Å². The van der Waals surface area contributed by atoms with Crippen LogP contribution >= 0.6 is 11.8 Å². The highest BCUT2D eigenvalue weighted by Gasteiger charge is 2.11. The van der Waals surface area contributed by atoms with E-state index in [4.69, 9.17) is 9.15 Å². The molecule has 0 radical (unpaired) electrons. The molecule has 6 nitrogen and oxygen atoms in total. The molecule has 0 fully saturated rings. The lowest BCUT2D eigenvalue weighted by Crippen LogP contribution is -2.14. The Bertz CT molecular complexity index is 881. The predicted molar refractivity (Wildman–Crippen MR) is 100 cm³/mol. The van der Waals surface area contributed by atoms with E-state index in [0.29, 0.717) is 11.6 Å². The Balaban J connectivity index is 1.53. The maximum absolute atomic E-state index is 12.2. The van der Waals surface area contributed by atoms with Gasteiger partial charge < -0.3 is 9.15 Å². The van der Waals surface area contributed by atoms with Crippen molar-refractivity contribution in [2.75, 3.05) is 12.4 Å². The lowest BCUT2D eigenvalue weighted by Gasteiger charge is -2.07. The molecule has 0 aliphatic rings. The fourth-order valence-corrected chi connectivity index (χ4v) is 3.18. The Morgan fingerprint density at radius 2 is 2.00 bits per heavy atom. The molecule has 0 spiro atoms. The number of amides is 1. The van der Waals surface area contributed by atoms with Gasteiger partial charge in [0.15, 0.2) is 0 Å². The number of nitrogens with zero attached hydrogens (tertiary/aromatic N) is 2. The van der Waals surface area contributed by atoms with Gasteiger partial charge in [0.2, 0.25) is 11.8 Å². The van der Waals surface area contributed by atoms with Crippen molar-refractivity contribution >= 4 is 23.7 Å². The first-order valence-corrected chi connectivity index (χ1v) is 9.06. The molecule has 7 heteroatoms. The van der Waals surface area contributed by atoms with Crippen LogP contribution in [0, 0.1) is 6.92 Å². The summed E-state index contributed by atoms with van der Waals surface area (Å²) >= 11 is 1.59. The van der Waals surface area contributed by atoms with Crippen molar-refractivity contribution in [1.29, 1.82) is 0 Å². The number of ether oxygens (including phenoxy) is 1. The number of aryl methyl sites for hydroxylation is 1. The van der Waals surface area contributed by atoms with Crippen LogP contribution in [0.5, 0.6) is 5.75 Å². The number of hydrogen-bond acceptors (Lipinski definition) is 6. The minimum absolute atomic E-state index is 0.115. The predicted octanol–water partition coefficient (Wildman–Crippen LogP) is 3.86. The SMILES string of the molecule is COc1ccc(CC(=O)Nc2nnc(CSc3ccccc3)o2)cc1C. The molecule has 0 aliphatic heterocycles. The molecule has 1 heterocycles. The van der Waals surface area contributed by atoms with Crippen molar-refractivity contribution in [3.05, 3.63) is 65.5 Å². The van der Waals surface area contributed by atoms with E-state index in [2.05, 4.69) is 15.5 Å². The third kappa shape index (κ3) is 4.86. The van der Waals surface area contributed by atoms with Crippen molar-refractivity contribution in [2.45, 2.75) is 24.0 Å². The number of nitrogens with one attached hydrogen (secondary N) is 1. The molecule has 0 aliphatic carbocycles. The van der Waals surface area contributed by atoms with E-state index in [9.17, 15) is 4.79 Å². The molecule has 0 unspecified atom stereocenters. The molecule has 3 rings (SSSR count). The zero-order chi connectivity index (χ0) is 18.4.